The third kappa shape index (κ3) is 4.94. The molecule has 0 N–H and O–H groups in total. The van der Waals surface area contributed by atoms with E-state index in [-0.39, 0.29) is 18.8 Å². The molecule has 2 aromatic rings. The Bertz CT molecular complexity index is 838. The van der Waals surface area contributed by atoms with E-state index in [4.69, 9.17) is 23.7 Å². The molecule has 0 atom stereocenters. The zero-order chi connectivity index (χ0) is 19.9. The molecule has 28 heavy (non-hydrogen) atoms. The quantitative estimate of drug-likeness (QED) is 0.510. The highest BCUT2D eigenvalue weighted by Gasteiger charge is 2.16. The van der Waals surface area contributed by atoms with Crippen LogP contribution in [0, 0.1) is 0 Å². The van der Waals surface area contributed by atoms with Gasteiger partial charge in [0, 0.05) is 18.1 Å². The number of carbonyl (C=O) groups excluding carboxylic acids is 2. The van der Waals surface area contributed by atoms with Crippen LogP contribution in [-0.4, -0.2) is 45.8 Å². The molecule has 0 aromatic heterocycles. The van der Waals surface area contributed by atoms with Gasteiger partial charge in [0.15, 0.2) is 23.9 Å². The first kappa shape index (κ1) is 19.5. The van der Waals surface area contributed by atoms with Crippen molar-refractivity contribution in [2.75, 3.05) is 34.0 Å². The lowest BCUT2D eigenvalue weighted by Gasteiger charge is -2.18. The molecule has 2 aromatic carbocycles. The Kier molecular flexibility index (Phi) is 6.37. The molecule has 1 heterocycles. The standard InChI is InChI=1S/C21H22O7/c1-24-16-9-14(10-17(12-16)25-2)3-6-21(23)28-13-18(22)15-4-5-19-20(11-15)27-8-7-26-19/h4-5,9-12H,3,6-8,13H2,1-2H3. The summed E-state index contributed by atoms with van der Waals surface area (Å²) in [6, 6.07) is 10.3. The largest absolute Gasteiger partial charge is 0.497 e. The van der Waals surface area contributed by atoms with Gasteiger partial charge in [-0.2, -0.15) is 0 Å². The highest BCUT2D eigenvalue weighted by molar-refractivity contribution is 5.98. The number of benzene rings is 2. The molecule has 7 nitrogen and oxygen atoms in total. The molecule has 1 aliphatic heterocycles. The maximum atomic E-state index is 12.3. The second-order valence-electron chi connectivity index (χ2n) is 6.16. The fourth-order valence-electron chi connectivity index (χ4n) is 2.78. The van der Waals surface area contributed by atoms with E-state index in [1.165, 1.54) is 0 Å². The highest BCUT2D eigenvalue weighted by atomic mass is 16.6. The van der Waals surface area contributed by atoms with Gasteiger partial charge in [-0.05, 0) is 42.3 Å². The first-order valence-electron chi connectivity index (χ1n) is 8.89. The van der Waals surface area contributed by atoms with Crippen molar-refractivity contribution in [1.82, 2.24) is 0 Å². The van der Waals surface area contributed by atoms with E-state index < -0.39 is 5.97 Å². The first-order chi connectivity index (χ1) is 13.6. The zero-order valence-electron chi connectivity index (χ0n) is 15.9. The Balaban J connectivity index is 1.51. The Morgan fingerprint density at radius 1 is 0.929 bits per heavy atom. The van der Waals surface area contributed by atoms with Crippen LogP contribution in [0.15, 0.2) is 36.4 Å². The van der Waals surface area contributed by atoms with E-state index in [0.717, 1.165) is 5.56 Å². The monoisotopic (exact) mass is 386 g/mol. The number of hydrogen-bond acceptors (Lipinski definition) is 7. The average Bonchev–Trinajstić information content (AvgIpc) is 2.75. The third-order valence-corrected chi connectivity index (χ3v) is 4.26. The van der Waals surface area contributed by atoms with Crippen LogP contribution in [0.1, 0.15) is 22.3 Å². The minimum Gasteiger partial charge on any atom is -0.497 e. The molecule has 0 fully saturated rings. The normalized spacial score (nSPS) is 12.2. The van der Waals surface area contributed by atoms with Crippen LogP contribution in [0.4, 0.5) is 0 Å². The van der Waals surface area contributed by atoms with E-state index in [2.05, 4.69) is 0 Å². The van der Waals surface area contributed by atoms with Crippen molar-refractivity contribution in [2.45, 2.75) is 12.8 Å². The number of ketones is 1. The topological polar surface area (TPSA) is 80.3 Å². The molecule has 0 spiro atoms. The molecule has 0 aliphatic carbocycles. The SMILES string of the molecule is COc1cc(CCC(=O)OCC(=O)c2ccc3c(c2)OCCO3)cc(OC)c1. The molecule has 0 radical (unpaired) electrons. The van der Waals surface area contributed by atoms with Crippen molar-refractivity contribution in [3.05, 3.63) is 47.5 Å². The maximum Gasteiger partial charge on any atom is 0.306 e. The fourth-order valence-corrected chi connectivity index (χ4v) is 2.78. The molecule has 0 bridgehead atoms. The van der Waals surface area contributed by atoms with Gasteiger partial charge in [-0.15, -0.1) is 0 Å². The number of fused-ring (bicyclic) bond motifs is 1. The van der Waals surface area contributed by atoms with Crippen molar-refractivity contribution in [1.29, 1.82) is 0 Å². The van der Waals surface area contributed by atoms with Gasteiger partial charge in [-0.25, -0.2) is 0 Å². The summed E-state index contributed by atoms with van der Waals surface area (Å²) in [5.74, 6) is 1.68. The van der Waals surface area contributed by atoms with Gasteiger partial charge in [-0.3, -0.25) is 9.59 Å². The molecular formula is C21H22O7. The minimum absolute atomic E-state index is 0.144. The van der Waals surface area contributed by atoms with Crippen molar-refractivity contribution in [3.8, 4) is 23.0 Å². The summed E-state index contributed by atoms with van der Waals surface area (Å²) in [4.78, 5) is 24.3. The van der Waals surface area contributed by atoms with Crippen LogP contribution in [0.25, 0.3) is 0 Å². The van der Waals surface area contributed by atoms with Crippen LogP contribution >= 0.6 is 0 Å². The van der Waals surface area contributed by atoms with E-state index in [9.17, 15) is 9.59 Å². The Morgan fingerprint density at radius 2 is 1.61 bits per heavy atom. The predicted molar refractivity (Wildman–Crippen MR) is 101 cm³/mol. The lowest BCUT2D eigenvalue weighted by atomic mass is 10.1. The number of carbonyl (C=O) groups is 2. The van der Waals surface area contributed by atoms with Crippen molar-refractivity contribution < 1.29 is 33.3 Å². The number of hydrogen-bond donors (Lipinski definition) is 0. The molecule has 148 valence electrons. The third-order valence-electron chi connectivity index (χ3n) is 4.26. The van der Waals surface area contributed by atoms with Crippen molar-refractivity contribution >= 4 is 11.8 Å². The highest BCUT2D eigenvalue weighted by Crippen LogP contribution is 2.30. The number of rotatable bonds is 8. The van der Waals surface area contributed by atoms with Gasteiger partial charge in [0.25, 0.3) is 0 Å². The molecule has 7 heteroatoms. The van der Waals surface area contributed by atoms with Gasteiger partial charge < -0.3 is 23.7 Å². The van der Waals surface area contributed by atoms with Crippen LogP contribution in [0.3, 0.4) is 0 Å². The average molecular weight is 386 g/mol. The molecule has 0 unspecified atom stereocenters. The summed E-state index contributed by atoms with van der Waals surface area (Å²) in [6.45, 7) is 0.603. The van der Waals surface area contributed by atoms with Crippen LogP contribution in [0.5, 0.6) is 23.0 Å². The number of aryl methyl sites for hydroxylation is 1. The van der Waals surface area contributed by atoms with Gasteiger partial charge in [0.1, 0.15) is 24.7 Å². The number of Topliss-reactive ketones (excluding diaryl/α,β-unsaturated/α-hetero) is 1. The van der Waals surface area contributed by atoms with Gasteiger partial charge in [-0.1, -0.05) is 0 Å². The molecule has 1 aliphatic rings. The van der Waals surface area contributed by atoms with E-state index in [1.807, 2.05) is 12.1 Å². The van der Waals surface area contributed by atoms with E-state index in [1.54, 1.807) is 38.5 Å². The fraction of sp³-hybridized carbons (Fsp3) is 0.333. The minimum atomic E-state index is -0.451. The molecule has 0 saturated heterocycles. The molecule has 0 saturated carbocycles. The lowest BCUT2D eigenvalue weighted by Crippen LogP contribution is -2.17. The van der Waals surface area contributed by atoms with E-state index in [0.29, 0.717) is 48.2 Å². The van der Waals surface area contributed by atoms with Crippen LogP contribution in [0.2, 0.25) is 0 Å². The Labute approximate surface area is 163 Å². The van der Waals surface area contributed by atoms with Gasteiger partial charge in [0.2, 0.25) is 0 Å². The number of methoxy groups -OCH3 is 2. The number of esters is 1. The van der Waals surface area contributed by atoms with Gasteiger partial charge in [0.05, 0.1) is 14.2 Å². The van der Waals surface area contributed by atoms with Crippen molar-refractivity contribution in [2.24, 2.45) is 0 Å². The maximum absolute atomic E-state index is 12.3. The van der Waals surface area contributed by atoms with Crippen LogP contribution in [-0.2, 0) is 16.0 Å². The van der Waals surface area contributed by atoms with Gasteiger partial charge >= 0.3 is 5.97 Å². The molecular weight excluding hydrogens is 364 g/mol. The Hall–Kier alpha value is -3.22. The van der Waals surface area contributed by atoms with Crippen LogP contribution < -0.4 is 18.9 Å². The number of ether oxygens (including phenoxy) is 5. The summed E-state index contributed by atoms with van der Waals surface area (Å²) < 4.78 is 26.4. The van der Waals surface area contributed by atoms with E-state index >= 15 is 0 Å². The lowest BCUT2D eigenvalue weighted by molar-refractivity contribution is -0.142. The molecule has 0 amide bonds. The van der Waals surface area contributed by atoms with Crippen molar-refractivity contribution in [3.63, 3.8) is 0 Å². The summed E-state index contributed by atoms with van der Waals surface area (Å²) in [5, 5.41) is 0. The summed E-state index contributed by atoms with van der Waals surface area (Å²) in [5.41, 5.74) is 1.29. The predicted octanol–water partition coefficient (Wildman–Crippen LogP) is 2.83. The Morgan fingerprint density at radius 3 is 2.29 bits per heavy atom. The molecule has 3 rings (SSSR count). The second-order valence-corrected chi connectivity index (χ2v) is 6.16. The summed E-state index contributed by atoms with van der Waals surface area (Å²) in [7, 11) is 3.13. The summed E-state index contributed by atoms with van der Waals surface area (Å²) in [6.07, 6.45) is 0.593. The smallest absolute Gasteiger partial charge is 0.306 e. The first-order valence-corrected chi connectivity index (χ1v) is 8.89. The second kappa shape index (κ2) is 9.12. The zero-order valence-corrected chi connectivity index (χ0v) is 15.9. The summed E-state index contributed by atoms with van der Waals surface area (Å²) >= 11 is 0.